The summed E-state index contributed by atoms with van der Waals surface area (Å²) >= 11 is 0. The number of hydrogen-bond donors (Lipinski definition) is 1. The van der Waals surface area contributed by atoms with E-state index in [1.165, 1.54) is 38.5 Å². The highest BCUT2D eigenvalue weighted by molar-refractivity contribution is 5.62. The summed E-state index contributed by atoms with van der Waals surface area (Å²) in [4.78, 5) is 6.72. The van der Waals surface area contributed by atoms with Gasteiger partial charge in [-0.1, -0.05) is 39.0 Å². The zero-order valence-corrected chi connectivity index (χ0v) is 10.6. The summed E-state index contributed by atoms with van der Waals surface area (Å²) in [5.74, 6) is 0. The van der Waals surface area contributed by atoms with Crippen LogP contribution in [0.3, 0.4) is 0 Å². The molecule has 0 amide bonds. The molecule has 1 atom stereocenters. The van der Waals surface area contributed by atoms with Gasteiger partial charge in [0.25, 0.3) is 0 Å². The third-order valence-corrected chi connectivity index (χ3v) is 3.22. The van der Waals surface area contributed by atoms with Crippen molar-refractivity contribution in [1.82, 2.24) is 4.90 Å². The third kappa shape index (κ3) is 5.08. The van der Waals surface area contributed by atoms with Crippen molar-refractivity contribution in [2.75, 3.05) is 19.7 Å². The first-order valence-electron chi connectivity index (χ1n) is 6.75. The van der Waals surface area contributed by atoms with Crippen molar-refractivity contribution < 1.29 is 5.11 Å². The van der Waals surface area contributed by atoms with Crippen LogP contribution in [0, 0.1) is 0 Å². The fourth-order valence-corrected chi connectivity index (χ4v) is 2.22. The first-order chi connectivity index (χ1) is 7.88. The maximum absolute atomic E-state index is 8.92. The summed E-state index contributed by atoms with van der Waals surface area (Å²) in [6, 6.07) is 0. The summed E-state index contributed by atoms with van der Waals surface area (Å²) in [6.45, 7) is 4.18. The zero-order valence-electron chi connectivity index (χ0n) is 10.6. The summed E-state index contributed by atoms with van der Waals surface area (Å²) in [6.07, 6.45) is 11.5. The van der Waals surface area contributed by atoms with Gasteiger partial charge in [-0.3, -0.25) is 9.89 Å². The minimum absolute atomic E-state index is 0.246. The smallest absolute Gasteiger partial charge is 0.102 e. The molecule has 1 aliphatic heterocycles. The van der Waals surface area contributed by atoms with Crippen LogP contribution in [0.25, 0.3) is 0 Å². The summed E-state index contributed by atoms with van der Waals surface area (Å²) < 4.78 is 0. The Balaban J connectivity index is 2.01. The van der Waals surface area contributed by atoms with Gasteiger partial charge in [-0.25, -0.2) is 0 Å². The van der Waals surface area contributed by atoms with Crippen LogP contribution in [-0.2, 0) is 0 Å². The summed E-state index contributed by atoms with van der Waals surface area (Å²) in [5.41, 5.74) is 0. The lowest BCUT2D eigenvalue weighted by Gasteiger charge is -2.21. The predicted octanol–water partition coefficient (Wildman–Crippen LogP) is 2.44. The van der Waals surface area contributed by atoms with Crippen LogP contribution >= 0.6 is 0 Å². The fraction of sp³-hybridized carbons (Fsp3) is 0.923. The van der Waals surface area contributed by atoms with E-state index in [0.717, 1.165) is 19.5 Å². The fourth-order valence-electron chi connectivity index (χ4n) is 2.22. The number of unbranched alkanes of at least 4 members (excludes halogenated alkanes) is 5. The molecule has 0 aromatic heterocycles. The van der Waals surface area contributed by atoms with Crippen molar-refractivity contribution in [3.05, 3.63) is 0 Å². The highest BCUT2D eigenvalue weighted by atomic mass is 16.3. The molecule has 0 radical (unpaired) electrons. The molecule has 1 heterocycles. The monoisotopic (exact) mass is 226 g/mol. The molecule has 0 saturated carbocycles. The first-order valence-corrected chi connectivity index (χ1v) is 6.75. The molecule has 0 spiro atoms. The Labute approximate surface area is 99.6 Å². The Hall–Kier alpha value is -0.410. The topological polar surface area (TPSA) is 35.8 Å². The van der Waals surface area contributed by atoms with E-state index < -0.39 is 0 Å². The molecule has 1 rings (SSSR count). The Morgan fingerprint density at radius 2 is 2.00 bits per heavy atom. The van der Waals surface area contributed by atoms with Crippen LogP contribution < -0.4 is 0 Å². The lowest BCUT2D eigenvalue weighted by Crippen LogP contribution is -2.32. The second kappa shape index (κ2) is 8.71. The van der Waals surface area contributed by atoms with E-state index in [-0.39, 0.29) is 6.61 Å². The number of hydrogen-bond acceptors (Lipinski definition) is 3. The third-order valence-electron chi connectivity index (χ3n) is 3.22. The number of nitrogens with zero attached hydrogens (tertiary/aromatic N) is 2. The lowest BCUT2D eigenvalue weighted by atomic mass is 10.1. The molecular weight excluding hydrogens is 200 g/mol. The molecule has 1 unspecified atom stereocenters. The van der Waals surface area contributed by atoms with Gasteiger partial charge in [-0.2, -0.15) is 0 Å². The van der Waals surface area contributed by atoms with Crippen LogP contribution in [0.1, 0.15) is 51.9 Å². The van der Waals surface area contributed by atoms with Crippen LogP contribution in [0.15, 0.2) is 4.99 Å². The van der Waals surface area contributed by atoms with Gasteiger partial charge in [0.2, 0.25) is 0 Å². The van der Waals surface area contributed by atoms with E-state index >= 15 is 0 Å². The molecule has 16 heavy (non-hydrogen) atoms. The Morgan fingerprint density at radius 1 is 1.25 bits per heavy atom. The van der Waals surface area contributed by atoms with E-state index in [4.69, 9.17) is 5.11 Å². The second-order valence-corrected chi connectivity index (χ2v) is 4.59. The average molecular weight is 226 g/mol. The van der Waals surface area contributed by atoms with E-state index in [2.05, 4.69) is 16.8 Å². The standard InChI is InChI=1S/C13H26N2O/c1-2-3-4-5-6-7-8-13-14-9-10-15(13)11-12-16/h9,13,16H,2-8,10-12H2,1H3. The van der Waals surface area contributed by atoms with Crippen LogP contribution in [0.4, 0.5) is 0 Å². The quantitative estimate of drug-likeness (QED) is 0.613. The van der Waals surface area contributed by atoms with E-state index in [1.807, 2.05) is 6.21 Å². The minimum atomic E-state index is 0.246. The van der Waals surface area contributed by atoms with Gasteiger partial charge in [0, 0.05) is 19.3 Å². The Bertz CT molecular complexity index is 194. The van der Waals surface area contributed by atoms with Gasteiger partial charge < -0.3 is 5.11 Å². The summed E-state index contributed by atoms with van der Waals surface area (Å²) in [7, 11) is 0. The van der Waals surface area contributed by atoms with Crippen molar-refractivity contribution in [1.29, 1.82) is 0 Å². The summed E-state index contributed by atoms with van der Waals surface area (Å²) in [5, 5.41) is 8.92. The van der Waals surface area contributed by atoms with Crippen LogP contribution in [0.2, 0.25) is 0 Å². The minimum Gasteiger partial charge on any atom is -0.395 e. The lowest BCUT2D eigenvalue weighted by molar-refractivity contribution is 0.176. The van der Waals surface area contributed by atoms with Crippen LogP contribution in [0.5, 0.6) is 0 Å². The molecule has 0 bridgehead atoms. The van der Waals surface area contributed by atoms with Gasteiger partial charge in [-0.15, -0.1) is 0 Å². The number of β-amino-alcohol motifs (C(OH)–C–C–N with tert-alkyl or cyclic N) is 1. The normalized spacial score (nSPS) is 20.8. The molecule has 3 heteroatoms. The Morgan fingerprint density at radius 3 is 2.75 bits per heavy atom. The van der Waals surface area contributed by atoms with E-state index in [0.29, 0.717) is 6.17 Å². The number of rotatable bonds is 9. The molecule has 1 aliphatic rings. The number of aliphatic imine (C=N–C) groups is 1. The largest absolute Gasteiger partial charge is 0.395 e. The highest BCUT2D eigenvalue weighted by Crippen LogP contribution is 2.15. The van der Waals surface area contributed by atoms with Gasteiger partial charge >= 0.3 is 0 Å². The molecule has 1 N–H and O–H groups in total. The van der Waals surface area contributed by atoms with Crippen molar-refractivity contribution in [2.45, 2.75) is 58.0 Å². The average Bonchev–Trinajstić information content (AvgIpc) is 2.72. The maximum Gasteiger partial charge on any atom is 0.102 e. The van der Waals surface area contributed by atoms with Gasteiger partial charge in [-0.05, 0) is 12.8 Å². The first kappa shape index (κ1) is 13.7. The SMILES string of the molecule is CCCCCCCCC1N=CCN1CCO. The van der Waals surface area contributed by atoms with Gasteiger partial charge in [0.05, 0.1) is 6.61 Å². The van der Waals surface area contributed by atoms with Gasteiger partial charge in [0.1, 0.15) is 6.17 Å². The highest BCUT2D eigenvalue weighted by Gasteiger charge is 2.19. The number of aliphatic hydroxyl groups excluding tert-OH is 1. The second-order valence-electron chi connectivity index (χ2n) is 4.59. The van der Waals surface area contributed by atoms with Crippen molar-refractivity contribution in [3.63, 3.8) is 0 Å². The molecule has 3 nitrogen and oxygen atoms in total. The molecular formula is C13H26N2O. The molecule has 0 saturated heterocycles. The predicted molar refractivity (Wildman–Crippen MR) is 68.9 cm³/mol. The molecule has 0 fully saturated rings. The maximum atomic E-state index is 8.92. The molecule has 0 aromatic carbocycles. The van der Waals surface area contributed by atoms with Crippen molar-refractivity contribution in [2.24, 2.45) is 4.99 Å². The van der Waals surface area contributed by atoms with Crippen LogP contribution in [-0.4, -0.2) is 42.1 Å². The Kier molecular flexibility index (Phi) is 7.43. The van der Waals surface area contributed by atoms with E-state index in [1.54, 1.807) is 0 Å². The molecule has 0 aliphatic carbocycles. The molecule has 0 aromatic rings. The number of aliphatic hydroxyl groups is 1. The molecule has 94 valence electrons. The van der Waals surface area contributed by atoms with Crippen molar-refractivity contribution >= 4 is 6.21 Å². The van der Waals surface area contributed by atoms with Gasteiger partial charge in [0.15, 0.2) is 0 Å². The van der Waals surface area contributed by atoms with Crippen molar-refractivity contribution in [3.8, 4) is 0 Å². The van der Waals surface area contributed by atoms with E-state index in [9.17, 15) is 0 Å². The zero-order chi connectivity index (χ0) is 11.6.